The summed E-state index contributed by atoms with van der Waals surface area (Å²) in [7, 11) is 2.11. The average Bonchev–Trinajstić information content (AvgIpc) is 2.26. The van der Waals surface area contributed by atoms with Crippen LogP contribution in [0.2, 0.25) is 0 Å². The Hall–Kier alpha value is -0.0800. The van der Waals surface area contributed by atoms with Gasteiger partial charge in [0.25, 0.3) is 0 Å². The molecule has 0 aromatic rings. The molecule has 16 heavy (non-hydrogen) atoms. The van der Waals surface area contributed by atoms with Crippen LogP contribution in [0.5, 0.6) is 0 Å². The van der Waals surface area contributed by atoms with E-state index in [4.69, 9.17) is 0 Å². The molecule has 96 valence electrons. The van der Waals surface area contributed by atoms with Gasteiger partial charge in [-0.3, -0.25) is 4.90 Å². The summed E-state index contributed by atoms with van der Waals surface area (Å²) in [6, 6.07) is 0.602. The highest BCUT2D eigenvalue weighted by molar-refractivity contribution is 4.94. The summed E-state index contributed by atoms with van der Waals surface area (Å²) < 4.78 is 0. The predicted octanol–water partition coefficient (Wildman–Crippen LogP) is 2.89. The van der Waals surface area contributed by atoms with Gasteiger partial charge in [-0.2, -0.15) is 0 Å². The average molecular weight is 226 g/mol. The fourth-order valence-corrected chi connectivity index (χ4v) is 2.92. The van der Waals surface area contributed by atoms with Crippen molar-refractivity contribution in [1.82, 2.24) is 10.2 Å². The molecular weight excluding hydrogens is 196 g/mol. The van der Waals surface area contributed by atoms with Crippen LogP contribution in [0, 0.1) is 5.92 Å². The van der Waals surface area contributed by atoms with Crippen LogP contribution in [-0.2, 0) is 0 Å². The van der Waals surface area contributed by atoms with E-state index >= 15 is 0 Å². The lowest BCUT2D eigenvalue weighted by atomic mass is 9.85. The smallest absolute Gasteiger partial charge is 0.0306 e. The Morgan fingerprint density at radius 1 is 1.12 bits per heavy atom. The molecule has 0 aromatic carbocycles. The largest absolute Gasteiger partial charge is 0.315 e. The van der Waals surface area contributed by atoms with Crippen LogP contribution >= 0.6 is 0 Å². The van der Waals surface area contributed by atoms with E-state index in [1.54, 1.807) is 0 Å². The standard InChI is InChI=1S/C14H30N2/c1-12(2)11-13(15-5)14(3,4)16-9-7-6-8-10-16/h12-13,15H,6-11H2,1-5H3. The van der Waals surface area contributed by atoms with Crippen LogP contribution in [0.25, 0.3) is 0 Å². The van der Waals surface area contributed by atoms with Gasteiger partial charge < -0.3 is 5.32 Å². The zero-order valence-electron chi connectivity index (χ0n) is 11.8. The van der Waals surface area contributed by atoms with E-state index in [1.165, 1.54) is 38.8 Å². The highest BCUT2D eigenvalue weighted by Gasteiger charge is 2.35. The summed E-state index contributed by atoms with van der Waals surface area (Å²) in [4.78, 5) is 2.68. The second kappa shape index (κ2) is 6.02. The van der Waals surface area contributed by atoms with Crippen molar-refractivity contribution in [3.63, 3.8) is 0 Å². The number of likely N-dealkylation sites (tertiary alicyclic amines) is 1. The van der Waals surface area contributed by atoms with Crippen LogP contribution in [0.15, 0.2) is 0 Å². The monoisotopic (exact) mass is 226 g/mol. The molecule has 2 nitrogen and oxygen atoms in total. The molecule has 1 saturated heterocycles. The molecule has 1 N–H and O–H groups in total. The fourth-order valence-electron chi connectivity index (χ4n) is 2.92. The zero-order chi connectivity index (χ0) is 12.2. The topological polar surface area (TPSA) is 15.3 Å². The molecule has 1 fully saturated rings. The van der Waals surface area contributed by atoms with E-state index in [2.05, 4.69) is 45.0 Å². The van der Waals surface area contributed by atoms with Gasteiger partial charge in [0.15, 0.2) is 0 Å². The van der Waals surface area contributed by atoms with Crippen LogP contribution in [0.4, 0.5) is 0 Å². The molecular formula is C14H30N2. The zero-order valence-corrected chi connectivity index (χ0v) is 11.8. The molecule has 1 heterocycles. The Bertz CT molecular complexity index is 193. The summed E-state index contributed by atoms with van der Waals surface area (Å²) in [6.07, 6.45) is 5.43. The van der Waals surface area contributed by atoms with Gasteiger partial charge in [0.1, 0.15) is 0 Å². The quantitative estimate of drug-likeness (QED) is 0.775. The van der Waals surface area contributed by atoms with Gasteiger partial charge in [0.2, 0.25) is 0 Å². The molecule has 0 saturated carbocycles. The van der Waals surface area contributed by atoms with E-state index in [1.807, 2.05) is 0 Å². The molecule has 0 radical (unpaired) electrons. The normalized spacial score (nSPS) is 21.4. The molecule has 1 rings (SSSR count). The van der Waals surface area contributed by atoms with Crippen LogP contribution < -0.4 is 5.32 Å². The maximum Gasteiger partial charge on any atom is 0.0306 e. The number of rotatable bonds is 5. The van der Waals surface area contributed by atoms with Gasteiger partial charge >= 0.3 is 0 Å². The minimum Gasteiger partial charge on any atom is -0.315 e. The first-order chi connectivity index (χ1) is 7.48. The maximum absolute atomic E-state index is 3.53. The number of piperidine rings is 1. The lowest BCUT2D eigenvalue weighted by molar-refractivity contribution is 0.0567. The first-order valence-corrected chi connectivity index (χ1v) is 6.90. The highest BCUT2D eigenvalue weighted by Crippen LogP contribution is 2.26. The SMILES string of the molecule is CNC(CC(C)C)C(C)(C)N1CCCCC1. The third kappa shape index (κ3) is 3.46. The molecule has 1 aliphatic rings. The first-order valence-electron chi connectivity index (χ1n) is 6.90. The van der Waals surface area contributed by atoms with Crippen molar-refractivity contribution in [2.45, 2.75) is 65.0 Å². The van der Waals surface area contributed by atoms with E-state index in [-0.39, 0.29) is 0 Å². The Morgan fingerprint density at radius 3 is 2.12 bits per heavy atom. The van der Waals surface area contributed by atoms with Crippen molar-refractivity contribution >= 4 is 0 Å². The van der Waals surface area contributed by atoms with E-state index < -0.39 is 0 Å². The summed E-state index contributed by atoms with van der Waals surface area (Å²) in [5.74, 6) is 0.765. The molecule has 0 aliphatic carbocycles. The number of nitrogens with one attached hydrogen (secondary N) is 1. The van der Waals surface area contributed by atoms with Crippen LogP contribution in [0.1, 0.15) is 53.4 Å². The second-order valence-corrected chi connectivity index (χ2v) is 6.17. The first kappa shape index (κ1) is 14.0. The molecule has 0 bridgehead atoms. The molecule has 0 amide bonds. The number of hydrogen-bond donors (Lipinski definition) is 1. The molecule has 0 aromatic heterocycles. The number of likely N-dealkylation sites (N-methyl/N-ethyl adjacent to an activating group) is 1. The van der Waals surface area contributed by atoms with Crippen molar-refractivity contribution in [3.05, 3.63) is 0 Å². The predicted molar refractivity (Wildman–Crippen MR) is 71.8 cm³/mol. The molecule has 0 spiro atoms. The Balaban J connectivity index is 2.63. The van der Waals surface area contributed by atoms with Crippen LogP contribution in [0.3, 0.4) is 0 Å². The van der Waals surface area contributed by atoms with E-state index in [0.717, 1.165) is 5.92 Å². The second-order valence-electron chi connectivity index (χ2n) is 6.17. The summed E-state index contributed by atoms with van der Waals surface area (Å²) in [6.45, 7) is 12.0. The van der Waals surface area contributed by atoms with E-state index in [9.17, 15) is 0 Å². The molecule has 1 atom stereocenters. The van der Waals surface area contributed by atoms with E-state index in [0.29, 0.717) is 11.6 Å². The van der Waals surface area contributed by atoms with Gasteiger partial charge in [0.05, 0.1) is 0 Å². The lowest BCUT2D eigenvalue weighted by Gasteiger charge is -2.46. The van der Waals surface area contributed by atoms with Crippen molar-refractivity contribution in [2.75, 3.05) is 20.1 Å². The number of hydrogen-bond acceptors (Lipinski definition) is 2. The van der Waals surface area contributed by atoms with Gasteiger partial charge in [-0.15, -0.1) is 0 Å². The Morgan fingerprint density at radius 2 is 1.69 bits per heavy atom. The summed E-state index contributed by atoms with van der Waals surface area (Å²) >= 11 is 0. The van der Waals surface area contributed by atoms with Crippen molar-refractivity contribution in [2.24, 2.45) is 5.92 Å². The Kier molecular flexibility index (Phi) is 5.26. The van der Waals surface area contributed by atoms with Crippen molar-refractivity contribution < 1.29 is 0 Å². The fraction of sp³-hybridized carbons (Fsp3) is 1.00. The third-order valence-corrected chi connectivity index (χ3v) is 4.08. The van der Waals surface area contributed by atoms with Crippen molar-refractivity contribution in [1.29, 1.82) is 0 Å². The summed E-state index contributed by atoms with van der Waals surface area (Å²) in [5, 5.41) is 3.53. The van der Waals surface area contributed by atoms with Crippen molar-refractivity contribution in [3.8, 4) is 0 Å². The molecule has 1 unspecified atom stereocenters. The summed E-state index contributed by atoms with van der Waals surface area (Å²) in [5.41, 5.74) is 0.291. The minimum atomic E-state index is 0.291. The van der Waals surface area contributed by atoms with Gasteiger partial charge in [-0.1, -0.05) is 20.3 Å². The Labute approximate surface area is 102 Å². The number of nitrogens with zero attached hydrogens (tertiary/aromatic N) is 1. The van der Waals surface area contributed by atoms with Gasteiger partial charge in [0, 0.05) is 11.6 Å². The lowest BCUT2D eigenvalue weighted by Crippen LogP contribution is -2.58. The minimum absolute atomic E-state index is 0.291. The third-order valence-electron chi connectivity index (χ3n) is 4.08. The van der Waals surface area contributed by atoms with Gasteiger partial charge in [-0.25, -0.2) is 0 Å². The van der Waals surface area contributed by atoms with Gasteiger partial charge in [-0.05, 0) is 59.2 Å². The molecule has 1 aliphatic heterocycles. The molecule has 2 heteroatoms. The maximum atomic E-state index is 3.53. The highest BCUT2D eigenvalue weighted by atomic mass is 15.2. The van der Waals surface area contributed by atoms with Crippen LogP contribution in [-0.4, -0.2) is 36.6 Å².